The fraction of sp³-hybridized carbons (Fsp3) is 1.00. The van der Waals surface area contributed by atoms with Crippen LogP contribution in [0.25, 0.3) is 0 Å². The minimum absolute atomic E-state index is 0.325. The standard InChI is InChI=1S/C10H20O6/c1-12-5-6-7(13-2)8(14-3)9(15-4)10(11)16-6/h6-11H,5H2,1-4H3/t6-,7-,8+,9+,10-/m0/s1. The molecule has 1 heterocycles. The van der Waals surface area contributed by atoms with Crippen molar-refractivity contribution in [1.29, 1.82) is 0 Å². The number of hydrogen-bond donors (Lipinski definition) is 1. The molecular formula is C10H20O6. The Balaban J connectivity index is 2.78. The summed E-state index contributed by atoms with van der Waals surface area (Å²) in [6, 6.07) is 0. The van der Waals surface area contributed by atoms with Gasteiger partial charge in [-0.15, -0.1) is 0 Å². The van der Waals surface area contributed by atoms with Crippen LogP contribution < -0.4 is 0 Å². The zero-order chi connectivity index (χ0) is 12.1. The summed E-state index contributed by atoms with van der Waals surface area (Å²) in [5.74, 6) is 0. The van der Waals surface area contributed by atoms with E-state index in [9.17, 15) is 5.11 Å². The Bertz CT molecular complexity index is 200. The lowest BCUT2D eigenvalue weighted by Crippen LogP contribution is -2.60. The molecule has 1 rings (SSSR count). The van der Waals surface area contributed by atoms with Crippen LogP contribution in [0, 0.1) is 0 Å². The number of ether oxygens (including phenoxy) is 5. The van der Waals surface area contributed by atoms with Gasteiger partial charge in [0.2, 0.25) is 0 Å². The molecule has 16 heavy (non-hydrogen) atoms. The summed E-state index contributed by atoms with van der Waals surface area (Å²) in [6.45, 7) is 0.325. The Labute approximate surface area is 95.4 Å². The van der Waals surface area contributed by atoms with Crippen molar-refractivity contribution in [1.82, 2.24) is 0 Å². The molecular weight excluding hydrogens is 216 g/mol. The second-order valence-corrected chi connectivity index (χ2v) is 3.62. The average molecular weight is 236 g/mol. The van der Waals surface area contributed by atoms with E-state index in [1.807, 2.05) is 0 Å². The van der Waals surface area contributed by atoms with Crippen molar-refractivity contribution in [2.45, 2.75) is 30.7 Å². The molecule has 0 radical (unpaired) electrons. The molecule has 0 aromatic carbocycles. The van der Waals surface area contributed by atoms with Crippen LogP contribution in [0.5, 0.6) is 0 Å². The molecule has 0 aliphatic carbocycles. The van der Waals surface area contributed by atoms with Crippen molar-refractivity contribution in [2.24, 2.45) is 0 Å². The summed E-state index contributed by atoms with van der Waals surface area (Å²) in [6.07, 6.45) is -2.71. The fourth-order valence-electron chi connectivity index (χ4n) is 2.00. The predicted molar refractivity (Wildman–Crippen MR) is 55.1 cm³/mol. The smallest absolute Gasteiger partial charge is 0.184 e. The SMILES string of the molecule is COC[C@@H]1O[C@H](O)[C@H](OC)[C@H](OC)[C@H]1OC. The third kappa shape index (κ3) is 2.71. The maximum atomic E-state index is 9.74. The molecule has 0 bridgehead atoms. The molecule has 6 heteroatoms. The first kappa shape index (κ1) is 13.8. The number of aliphatic hydroxyl groups is 1. The Hall–Kier alpha value is -0.240. The van der Waals surface area contributed by atoms with E-state index in [0.717, 1.165) is 0 Å². The molecule has 1 aliphatic rings. The Morgan fingerprint density at radius 1 is 0.938 bits per heavy atom. The first-order valence-electron chi connectivity index (χ1n) is 5.10. The number of methoxy groups -OCH3 is 4. The minimum atomic E-state index is -1.04. The Morgan fingerprint density at radius 3 is 1.94 bits per heavy atom. The largest absolute Gasteiger partial charge is 0.382 e. The highest BCUT2D eigenvalue weighted by Crippen LogP contribution is 2.25. The van der Waals surface area contributed by atoms with E-state index >= 15 is 0 Å². The van der Waals surface area contributed by atoms with Crippen molar-refractivity contribution in [3.05, 3.63) is 0 Å². The summed E-state index contributed by atoms with van der Waals surface area (Å²) in [5, 5.41) is 9.74. The number of rotatable bonds is 5. The zero-order valence-corrected chi connectivity index (χ0v) is 10.1. The molecule has 1 aliphatic heterocycles. The maximum Gasteiger partial charge on any atom is 0.184 e. The van der Waals surface area contributed by atoms with E-state index < -0.39 is 12.4 Å². The minimum Gasteiger partial charge on any atom is -0.382 e. The molecule has 1 saturated heterocycles. The first-order valence-corrected chi connectivity index (χ1v) is 5.10. The van der Waals surface area contributed by atoms with Gasteiger partial charge in [0.25, 0.3) is 0 Å². The molecule has 6 nitrogen and oxygen atoms in total. The van der Waals surface area contributed by atoms with E-state index in [1.165, 1.54) is 7.11 Å². The average Bonchev–Trinajstić information content (AvgIpc) is 2.28. The highest BCUT2D eigenvalue weighted by atomic mass is 16.7. The van der Waals surface area contributed by atoms with Gasteiger partial charge in [-0.1, -0.05) is 0 Å². The van der Waals surface area contributed by atoms with Crippen LogP contribution in [-0.2, 0) is 23.7 Å². The predicted octanol–water partition coefficient (Wildman–Crippen LogP) is -0.605. The summed E-state index contributed by atoms with van der Waals surface area (Å²) in [7, 11) is 6.16. The lowest BCUT2D eigenvalue weighted by Gasteiger charge is -2.42. The summed E-state index contributed by atoms with van der Waals surface area (Å²) < 4.78 is 26.1. The number of aliphatic hydroxyl groups excluding tert-OH is 1. The van der Waals surface area contributed by atoms with Gasteiger partial charge in [0.15, 0.2) is 6.29 Å². The molecule has 1 N–H and O–H groups in total. The molecule has 1 fully saturated rings. The van der Waals surface area contributed by atoms with Crippen LogP contribution in [0.1, 0.15) is 0 Å². The molecule has 0 spiro atoms. The van der Waals surface area contributed by atoms with Crippen LogP contribution in [-0.4, -0.2) is 70.9 Å². The summed E-state index contributed by atoms with van der Waals surface area (Å²) >= 11 is 0. The van der Waals surface area contributed by atoms with E-state index in [0.29, 0.717) is 6.61 Å². The Kier molecular flexibility index (Phi) is 5.60. The van der Waals surface area contributed by atoms with Gasteiger partial charge in [-0.25, -0.2) is 0 Å². The van der Waals surface area contributed by atoms with Crippen LogP contribution in [0.15, 0.2) is 0 Å². The third-order valence-corrected chi connectivity index (χ3v) is 2.76. The molecule has 0 amide bonds. The highest BCUT2D eigenvalue weighted by Gasteiger charge is 2.46. The first-order chi connectivity index (χ1) is 7.69. The van der Waals surface area contributed by atoms with Crippen molar-refractivity contribution in [3.8, 4) is 0 Å². The van der Waals surface area contributed by atoms with E-state index in [4.69, 9.17) is 23.7 Å². The lowest BCUT2D eigenvalue weighted by atomic mass is 9.98. The van der Waals surface area contributed by atoms with Gasteiger partial charge in [-0.2, -0.15) is 0 Å². The monoisotopic (exact) mass is 236 g/mol. The van der Waals surface area contributed by atoms with Gasteiger partial charge in [0, 0.05) is 28.4 Å². The molecule has 5 atom stereocenters. The summed E-state index contributed by atoms with van der Waals surface area (Å²) in [4.78, 5) is 0. The lowest BCUT2D eigenvalue weighted by molar-refractivity contribution is -0.300. The van der Waals surface area contributed by atoms with Gasteiger partial charge in [-0.05, 0) is 0 Å². The Morgan fingerprint density at radius 2 is 1.50 bits per heavy atom. The number of hydrogen-bond acceptors (Lipinski definition) is 6. The van der Waals surface area contributed by atoms with Crippen molar-refractivity contribution in [3.63, 3.8) is 0 Å². The molecule has 0 aromatic rings. The van der Waals surface area contributed by atoms with Crippen LogP contribution >= 0.6 is 0 Å². The quantitative estimate of drug-likeness (QED) is 0.687. The van der Waals surface area contributed by atoms with Crippen molar-refractivity contribution in [2.75, 3.05) is 35.0 Å². The van der Waals surface area contributed by atoms with Gasteiger partial charge < -0.3 is 28.8 Å². The topological polar surface area (TPSA) is 66.4 Å². The zero-order valence-electron chi connectivity index (χ0n) is 10.1. The van der Waals surface area contributed by atoms with Gasteiger partial charge in [-0.3, -0.25) is 0 Å². The second kappa shape index (κ2) is 6.48. The molecule has 0 aromatic heterocycles. The summed E-state index contributed by atoms with van der Waals surface area (Å²) in [5.41, 5.74) is 0. The van der Waals surface area contributed by atoms with E-state index in [-0.39, 0.29) is 18.3 Å². The van der Waals surface area contributed by atoms with Crippen molar-refractivity contribution >= 4 is 0 Å². The molecule has 96 valence electrons. The second-order valence-electron chi connectivity index (χ2n) is 3.62. The normalized spacial score (nSPS) is 39.9. The maximum absolute atomic E-state index is 9.74. The van der Waals surface area contributed by atoms with E-state index in [1.54, 1.807) is 21.3 Å². The van der Waals surface area contributed by atoms with Gasteiger partial charge in [0.1, 0.15) is 24.4 Å². The van der Waals surface area contributed by atoms with Crippen LogP contribution in [0.4, 0.5) is 0 Å². The van der Waals surface area contributed by atoms with Crippen LogP contribution in [0.2, 0.25) is 0 Å². The van der Waals surface area contributed by atoms with Gasteiger partial charge >= 0.3 is 0 Å². The molecule has 0 saturated carbocycles. The van der Waals surface area contributed by atoms with Crippen molar-refractivity contribution < 1.29 is 28.8 Å². The van der Waals surface area contributed by atoms with E-state index in [2.05, 4.69) is 0 Å². The fourth-order valence-corrected chi connectivity index (χ4v) is 2.00. The van der Waals surface area contributed by atoms with Gasteiger partial charge in [0.05, 0.1) is 6.61 Å². The third-order valence-electron chi connectivity index (χ3n) is 2.76. The van der Waals surface area contributed by atoms with Crippen LogP contribution in [0.3, 0.4) is 0 Å². The highest BCUT2D eigenvalue weighted by molar-refractivity contribution is 4.91. The molecule has 0 unspecified atom stereocenters.